The molecule has 2 heterocycles. The van der Waals surface area contributed by atoms with Crippen LogP contribution in [0, 0.1) is 0 Å². The molecule has 0 aliphatic rings. The van der Waals surface area contributed by atoms with Crippen LogP contribution in [0.3, 0.4) is 0 Å². The normalized spacial score (nSPS) is 11.7. The molecule has 0 radical (unpaired) electrons. The van der Waals surface area contributed by atoms with Crippen LogP contribution in [-0.2, 0) is 10.0 Å². The Morgan fingerprint density at radius 2 is 1.76 bits per heavy atom. The summed E-state index contributed by atoms with van der Waals surface area (Å²) >= 11 is 4.45. The first-order valence-electron chi connectivity index (χ1n) is 7.34. The summed E-state index contributed by atoms with van der Waals surface area (Å²) in [7, 11) is -3.57. The predicted octanol–water partition coefficient (Wildman–Crippen LogP) is 4.65. The van der Waals surface area contributed by atoms with Crippen molar-refractivity contribution in [3.63, 3.8) is 0 Å². The van der Waals surface area contributed by atoms with Gasteiger partial charge in [0.2, 0.25) is 0 Å². The van der Waals surface area contributed by atoms with Crippen LogP contribution < -0.4 is 4.72 Å². The molecule has 5 nitrogen and oxygen atoms in total. The fourth-order valence-corrected chi connectivity index (χ4v) is 5.57. The molecule has 0 amide bonds. The van der Waals surface area contributed by atoms with Gasteiger partial charge in [0, 0.05) is 11.4 Å². The van der Waals surface area contributed by atoms with Crippen molar-refractivity contribution in [3.8, 4) is 5.69 Å². The molecular formula is C17H12BrN3O2S2. The minimum Gasteiger partial charge on any atom is -0.299 e. The van der Waals surface area contributed by atoms with Gasteiger partial charge in [-0.2, -0.15) is 0 Å². The van der Waals surface area contributed by atoms with Crippen molar-refractivity contribution in [2.45, 2.75) is 4.21 Å². The molecule has 1 N–H and O–H groups in total. The van der Waals surface area contributed by atoms with Gasteiger partial charge in [0.1, 0.15) is 10.5 Å². The fourth-order valence-electron chi connectivity index (χ4n) is 2.50. The van der Waals surface area contributed by atoms with E-state index in [9.17, 15) is 8.42 Å². The molecule has 8 heteroatoms. The van der Waals surface area contributed by atoms with Gasteiger partial charge in [0.15, 0.2) is 0 Å². The first-order valence-corrected chi connectivity index (χ1v) is 10.4. The molecule has 0 aliphatic heterocycles. The van der Waals surface area contributed by atoms with E-state index in [1.54, 1.807) is 30.6 Å². The van der Waals surface area contributed by atoms with Crippen molar-refractivity contribution in [3.05, 3.63) is 70.8 Å². The number of benzene rings is 2. The number of imidazole rings is 1. The molecule has 0 atom stereocenters. The number of hydrogen-bond donors (Lipinski definition) is 1. The molecule has 0 bridgehead atoms. The summed E-state index contributed by atoms with van der Waals surface area (Å²) in [4.78, 5) is 4.37. The molecule has 2 aromatic heterocycles. The largest absolute Gasteiger partial charge is 0.299 e. The number of nitrogens with one attached hydrogen (secondary N) is 1. The van der Waals surface area contributed by atoms with Crippen molar-refractivity contribution < 1.29 is 8.42 Å². The van der Waals surface area contributed by atoms with Gasteiger partial charge >= 0.3 is 0 Å². The number of hydrogen-bond acceptors (Lipinski definition) is 4. The minimum absolute atomic E-state index is 0.268. The lowest BCUT2D eigenvalue weighted by Gasteiger charge is -2.08. The standard InChI is InChI=1S/C17H12BrN3O2S2/c18-16-9-10-17(24-16)25(22,23)20-12-5-7-13(8-6-12)21-11-19-14-3-1-2-4-15(14)21/h1-11,20H. The molecular weight excluding hydrogens is 422 g/mol. The first-order chi connectivity index (χ1) is 12.0. The maximum absolute atomic E-state index is 12.4. The molecule has 0 spiro atoms. The monoisotopic (exact) mass is 433 g/mol. The minimum atomic E-state index is -3.57. The lowest BCUT2D eigenvalue weighted by molar-refractivity contribution is 0.603. The number of aromatic nitrogens is 2. The predicted molar refractivity (Wildman–Crippen MR) is 104 cm³/mol. The highest BCUT2D eigenvalue weighted by Crippen LogP contribution is 2.28. The Balaban J connectivity index is 1.62. The van der Waals surface area contributed by atoms with E-state index in [0.29, 0.717) is 5.69 Å². The van der Waals surface area contributed by atoms with Crippen molar-refractivity contribution in [1.29, 1.82) is 0 Å². The first kappa shape index (κ1) is 16.3. The summed E-state index contributed by atoms with van der Waals surface area (Å²) in [5.41, 5.74) is 3.34. The van der Waals surface area contributed by atoms with Gasteiger partial charge in [0.25, 0.3) is 10.0 Å². The van der Waals surface area contributed by atoms with Crippen molar-refractivity contribution in [2.24, 2.45) is 0 Å². The summed E-state index contributed by atoms with van der Waals surface area (Å²) in [6, 6.07) is 18.3. The summed E-state index contributed by atoms with van der Waals surface area (Å²) in [6.45, 7) is 0. The molecule has 0 saturated carbocycles. The van der Waals surface area contributed by atoms with Gasteiger partial charge in [-0.1, -0.05) is 12.1 Å². The molecule has 0 unspecified atom stereocenters. The zero-order valence-electron chi connectivity index (χ0n) is 12.8. The van der Waals surface area contributed by atoms with Gasteiger partial charge in [-0.25, -0.2) is 13.4 Å². The molecule has 25 heavy (non-hydrogen) atoms. The average molecular weight is 434 g/mol. The second kappa shape index (κ2) is 6.29. The topological polar surface area (TPSA) is 64.0 Å². The SMILES string of the molecule is O=S(=O)(Nc1ccc(-n2cnc3ccccc32)cc1)c1ccc(Br)s1. The Kier molecular flexibility index (Phi) is 4.10. The van der Waals surface area contributed by atoms with E-state index >= 15 is 0 Å². The van der Waals surface area contributed by atoms with Crippen molar-refractivity contribution in [1.82, 2.24) is 9.55 Å². The Labute approximate surface area is 157 Å². The van der Waals surface area contributed by atoms with Crippen LogP contribution in [-0.4, -0.2) is 18.0 Å². The number of fused-ring (bicyclic) bond motifs is 1. The van der Waals surface area contributed by atoms with Crippen molar-refractivity contribution in [2.75, 3.05) is 4.72 Å². The van der Waals surface area contributed by atoms with E-state index in [4.69, 9.17) is 0 Å². The lowest BCUT2D eigenvalue weighted by Crippen LogP contribution is -2.11. The highest BCUT2D eigenvalue weighted by Gasteiger charge is 2.16. The van der Waals surface area contributed by atoms with Crippen LogP contribution in [0.1, 0.15) is 0 Å². The average Bonchev–Trinajstić information content (AvgIpc) is 3.22. The van der Waals surface area contributed by atoms with Crippen LogP contribution in [0.4, 0.5) is 5.69 Å². The van der Waals surface area contributed by atoms with Crippen molar-refractivity contribution >= 4 is 54.0 Å². The van der Waals surface area contributed by atoms with E-state index in [1.165, 1.54) is 11.3 Å². The maximum atomic E-state index is 12.4. The third-order valence-electron chi connectivity index (χ3n) is 3.66. The molecule has 0 saturated heterocycles. The lowest BCUT2D eigenvalue weighted by atomic mass is 10.2. The molecule has 126 valence electrons. The van der Waals surface area contributed by atoms with Gasteiger partial charge in [-0.3, -0.25) is 9.29 Å². The third-order valence-corrected chi connectivity index (χ3v) is 7.16. The number of nitrogens with zero attached hydrogens (tertiary/aromatic N) is 2. The number of sulfonamides is 1. The summed E-state index contributed by atoms with van der Waals surface area (Å²) in [5, 5.41) is 0. The molecule has 0 aliphatic carbocycles. The van der Waals surface area contributed by atoms with Crippen LogP contribution in [0.25, 0.3) is 16.7 Å². The fraction of sp³-hybridized carbons (Fsp3) is 0. The smallest absolute Gasteiger partial charge is 0.271 e. The molecule has 2 aromatic carbocycles. The second-order valence-electron chi connectivity index (χ2n) is 5.31. The van der Waals surface area contributed by atoms with Gasteiger partial charge in [-0.05, 0) is 64.5 Å². The Bertz CT molecular complexity index is 1150. The summed E-state index contributed by atoms with van der Waals surface area (Å²) < 4.78 is 30.3. The maximum Gasteiger partial charge on any atom is 0.271 e. The number of para-hydroxylation sites is 2. The van der Waals surface area contributed by atoms with Crippen LogP contribution in [0.2, 0.25) is 0 Å². The second-order valence-corrected chi connectivity index (χ2v) is 9.69. The third kappa shape index (κ3) is 3.20. The van der Waals surface area contributed by atoms with Gasteiger partial charge in [-0.15, -0.1) is 11.3 Å². The number of halogens is 1. The Morgan fingerprint density at radius 1 is 1.00 bits per heavy atom. The molecule has 0 fully saturated rings. The van der Waals surface area contributed by atoms with E-state index in [2.05, 4.69) is 25.6 Å². The quantitative estimate of drug-likeness (QED) is 0.509. The van der Waals surface area contributed by atoms with Crippen LogP contribution in [0.15, 0.2) is 75.0 Å². The number of thiophene rings is 1. The highest BCUT2D eigenvalue weighted by atomic mass is 79.9. The van der Waals surface area contributed by atoms with E-state index in [1.807, 2.05) is 41.0 Å². The zero-order chi connectivity index (χ0) is 17.4. The van der Waals surface area contributed by atoms with Gasteiger partial charge in [0.05, 0.1) is 14.8 Å². The number of rotatable bonds is 4. The van der Waals surface area contributed by atoms with Crippen LogP contribution >= 0.6 is 27.3 Å². The van der Waals surface area contributed by atoms with E-state index < -0.39 is 10.0 Å². The Morgan fingerprint density at radius 3 is 2.48 bits per heavy atom. The van der Waals surface area contributed by atoms with E-state index in [0.717, 1.165) is 20.5 Å². The highest BCUT2D eigenvalue weighted by molar-refractivity contribution is 9.11. The van der Waals surface area contributed by atoms with E-state index in [-0.39, 0.29) is 4.21 Å². The zero-order valence-corrected chi connectivity index (χ0v) is 16.0. The summed E-state index contributed by atoms with van der Waals surface area (Å²) in [5.74, 6) is 0. The number of anilines is 1. The summed E-state index contributed by atoms with van der Waals surface area (Å²) in [6.07, 6.45) is 1.76. The van der Waals surface area contributed by atoms with Crippen LogP contribution in [0.5, 0.6) is 0 Å². The molecule has 4 rings (SSSR count). The molecule has 4 aromatic rings. The Hall–Kier alpha value is -2.16. The van der Waals surface area contributed by atoms with Gasteiger partial charge < -0.3 is 0 Å².